The van der Waals surface area contributed by atoms with Crippen molar-refractivity contribution in [2.45, 2.75) is 32.7 Å². The monoisotopic (exact) mass is 247 g/mol. The molecule has 18 heavy (non-hydrogen) atoms. The van der Waals surface area contributed by atoms with Crippen LogP contribution in [0.3, 0.4) is 0 Å². The molecule has 0 saturated carbocycles. The predicted octanol–water partition coefficient (Wildman–Crippen LogP) is 2.50. The van der Waals surface area contributed by atoms with E-state index in [-0.39, 0.29) is 0 Å². The predicted molar refractivity (Wildman–Crippen MR) is 79.1 cm³/mol. The van der Waals surface area contributed by atoms with Gasteiger partial charge in [0.1, 0.15) is 0 Å². The molecule has 1 heterocycles. The summed E-state index contributed by atoms with van der Waals surface area (Å²) in [5.41, 5.74) is 9.33. The highest BCUT2D eigenvalue weighted by atomic mass is 15.2. The number of anilines is 2. The zero-order valence-electron chi connectivity index (χ0n) is 11.8. The number of nitrogens with zero attached hydrogens (tertiary/aromatic N) is 2. The van der Waals surface area contributed by atoms with E-state index >= 15 is 0 Å². The molecule has 2 N–H and O–H groups in total. The van der Waals surface area contributed by atoms with Crippen molar-refractivity contribution in [1.82, 2.24) is 4.90 Å². The molecule has 1 fully saturated rings. The highest BCUT2D eigenvalue weighted by Gasteiger charge is 2.24. The molecule has 1 atom stereocenters. The van der Waals surface area contributed by atoms with Gasteiger partial charge in [0.05, 0.1) is 0 Å². The zero-order valence-corrected chi connectivity index (χ0v) is 11.8. The summed E-state index contributed by atoms with van der Waals surface area (Å²) < 4.78 is 0. The standard InChI is InChI=1S/C15H25N3/c1-4-18-10-6-7-13(18)11-17(3)15-9-5-8-14(16)12(15)2/h5,8-9,13H,4,6-7,10-11,16H2,1-3H3. The molecule has 3 heteroatoms. The molecular weight excluding hydrogens is 222 g/mol. The number of likely N-dealkylation sites (N-methyl/N-ethyl adjacent to an activating group) is 2. The minimum Gasteiger partial charge on any atom is -0.398 e. The molecule has 0 amide bonds. The lowest BCUT2D eigenvalue weighted by Crippen LogP contribution is -2.39. The van der Waals surface area contributed by atoms with Gasteiger partial charge in [-0.3, -0.25) is 4.90 Å². The van der Waals surface area contributed by atoms with E-state index in [1.54, 1.807) is 0 Å². The highest BCUT2D eigenvalue weighted by Crippen LogP contribution is 2.26. The molecule has 0 spiro atoms. The van der Waals surface area contributed by atoms with Gasteiger partial charge < -0.3 is 10.6 Å². The zero-order chi connectivity index (χ0) is 13.1. The molecule has 0 bridgehead atoms. The number of likely N-dealkylation sites (tertiary alicyclic amines) is 1. The third kappa shape index (κ3) is 2.61. The van der Waals surface area contributed by atoms with Crippen LogP contribution in [-0.4, -0.2) is 37.6 Å². The average molecular weight is 247 g/mol. The number of hydrogen-bond donors (Lipinski definition) is 1. The summed E-state index contributed by atoms with van der Waals surface area (Å²) in [6.45, 7) is 7.87. The largest absolute Gasteiger partial charge is 0.398 e. The van der Waals surface area contributed by atoms with Crippen LogP contribution in [0.4, 0.5) is 11.4 Å². The second kappa shape index (κ2) is 5.61. The lowest BCUT2D eigenvalue weighted by atomic mass is 10.1. The Morgan fingerprint density at radius 2 is 2.22 bits per heavy atom. The highest BCUT2D eigenvalue weighted by molar-refractivity contribution is 5.63. The fourth-order valence-electron chi connectivity index (χ4n) is 2.99. The number of rotatable bonds is 4. The first-order valence-corrected chi connectivity index (χ1v) is 6.93. The Morgan fingerprint density at radius 1 is 1.44 bits per heavy atom. The Labute approximate surface area is 111 Å². The maximum atomic E-state index is 5.98. The van der Waals surface area contributed by atoms with Crippen LogP contribution < -0.4 is 10.6 Å². The van der Waals surface area contributed by atoms with Crippen LogP contribution in [0.2, 0.25) is 0 Å². The number of nitrogen functional groups attached to an aromatic ring is 1. The molecular formula is C15H25N3. The van der Waals surface area contributed by atoms with E-state index in [1.807, 2.05) is 12.1 Å². The van der Waals surface area contributed by atoms with Crippen LogP contribution >= 0.6 is 0 Å². The van der Waals surface area contributed by atoms with E-state index in [9.17, 15) is 0 Å². The lowest BCUT2D eigenvalue weighted by Gasteiger charge is -2.30. The molecule has 1 aromatic rings. The van der Waals surface area contributed by atoms with E-state index in [1.165, 1.54) is 30.6 Å². The first kappa shape index (κ1) is 13.2. The summed E-state index contributed by atoms with van der Waals surface area (Å²) in [5.74, 6) is 0. The van der Waals surface area contributed by atoms with Crippen molar-refractivity contribution < 1.29 is 0 Å². The Balaban J connectivity index is 2.07. The van der Waals surface area contributed by atoms with E-state index in [4.69, 9.17) is 5.73 Å². The molecule has 3 nitrogen and oxygen atoms in total. The van der Waals surface area contributed by atoms with Crippen LogP contribution in [0.15, 0.2) is 18.2 Å². The molecule has 0 aliphatic carbocycles. The number of hydrogen-bond acceptors (Lipinski definition) is 3. The van der Waals surface area contributed by atoms with Crippen molar-refractivity contribution in [3.8, 4) is 0 Å². The molecule has 1 aliphatic rings. The van der Waals surface area contributed by atoms with Gasteiger partial charge in [0.25, 0.3) is 0 Å². The fraction of sp³-hybridized carbons (Fsp3) is 0.600. The summed E-state index contributed by atoms with van der Waals surface area (Å²) in [4.78, 5) is 4.93. The van der Waals surface area contributed by atoms with E-state index in [0.29, 0.717) is 6.04 Å². The maximum Gasteiger partial charge on any atom is 0.0414 e. The summed E-state index contributed by atoms with van der Waals surface area (Å²) >= 11 is 0. The van der Waals surface area contributed by atoms with Gasteiger partial charge in [0.15, 0.2) is 0 Å². The topological polar surface area (TPSA) is 32.5 Å². The van der Waals surface area contributed by atoms with Gasteiger partial charge in [0.2, 0.25) is 0 Å². The van der Waals surface area contributed by atoms with Gasteiger partial charge in [-0.2, -0.15) is 0 Å². The van der Waals surface area contributed by atoms with Gasteiger partial charge in [-0.1, -0.05) is 13.0 Å². The van der Waals surface area contributed by atoms with Gasteiger partial charge >= 0.3 is 0 Å². The fourth-order valence-corrected chi connectivity index (χ4v) is 2.99. The third-order valence-electron chi connectivity index (χ3n) is 4.15. The third-order valence-corrected chi connectivity index (χ3v) is 4.15. The second-order valence-electron chi connectivity index (χ2n) is 5.30. The molecule has 1 aromatic carbocycles. The van der Waals surface area contributed by atoms with Crippen molar-refractivity contribution in [3.63, 3.8) is 0 Å². The Kier molecular flexibility index (Phi) is 4.12. The molecule has 1 aliphatic heterocycles. The molecule has 1 unspecified atom stereocenters. The SMILES string of the molecule is CCN1CCCC1CN(C)c1cccc(N)c1C. The second-order valence-corrected chi connectivity index (χ2v) is 5.30. The van der Waals surface area contributed by atoms with E-state index in [2.05, 4.69) is 36.8 Å². The minimum absolute atomic E-state index is 0.695. The smallest absolute Gasteiger partial charge is 0.0414 e. The number of benzene rings is 1. The van der Waals surface area contributed by atoms with Gasteiger partial charge in [-0.05, 0) is 50.6 Å². The van der Waals surface area contributed by atoms with Crippen molar-refractivity contribution in [2.75, 3.05) is 37.3 Å². The van der Waals surface area contributed by atoms with Crippen molar-refractivity contribution in [2.24, 2.45) is 0 Å². The van der Waals surface area contributed by atoms with Crippen LogP contribution in [0.5, 0.6) is 0 Å². The van der Waals surface area contributed by atoms with Gasteiger partial charge in [-0.15, -0.1) is 0 Å². The van der Waals surface area contributed by atoms with Crippen LogP contribution in [-0.2, 0) is 0 Å². The quantitative estimate of drug-likeness (QED) is 0.830. The lowest BCUT2D eigenvalue weighted by molar-refractivity contribution is 0.270. The molecule has 0 aromatic heterocycles. The van der Waals surface area contributed by atoms with Crippen molar-refractivity contribution in [1.29, 1.82) is 0 Å². The Bertz CT molecular complexity index is 403. The Hall–Kier alpha value is -1.22. The van der Waals surface area contributed by atoms with Gasteiger partial charge in [-0.25, -0.2) is 0 Å². The first-order valence-electron chi connectivity index (χ1n) is 6.93. The van der Waals surface area contributed by atoms with Crippen molar-refractivity contribution >= 4 is 11.4 Å². The molecule has 1 saturated heterocycles. The summed E-state index contributed by atoms with van der Waals surface area (Å²) in [6, 6.07) is 6.87. The molecule has 0 radical (unpaired) electrons. The normalized spacial score (nSPS) is 20.3. The Morgan fingerprint density at radius 3 is 2.94 bits per heavy atom. The molecule has 2 rings (SSSR count). The first-order chi connectivity index (χ1) is 8.63. The number of nitrogens with two attached hydrogens (primary N) is 1. The molecule has 100 valence electrons. The maximum absolute atomic E-state index is 5.98. The summed E-state index contributed by atoms with van der Waals surface area (Å²) in [6.07, 6.45) is 2.65. The summed E-state index contributed by atoms with van der Waals surface area (Å²) in [5, 5.41) is 0. The minimum atomic E-state index is 0.695. The van der Waals surface area contributed by atoms with Crippen molar-refractivity contribution in [3.05, 3.63) is 23.8 Å². The van der Waals surface area contributed by atoms with Crippen LogP contribution in [0.1, 0.15) is 25.3 Å². The van der Waals surface area contributed by atoms with Gasteiger partial charge in [0, 0.05) is 31.0 Å². The van der Waals surface area contributed by atoms with Crippen LogP contribution in [0.25, 0.3) is 0 Å². The summed E-state index contributed by atoms with van der Waals surface area (Å²) in [7, 11) is 2.17. The van der Waals surface area contributed by atoms with E-state index < -0.39 is 0 Å². The van der Waals surface area contributed by atoms with Crippen LogP contribution in [0, 0.1) is 6.92 Å². The van der Waals surface area contributed by atoms with E-state index in [0.717, 1.165) is 18.8 Å². The average Bonchev–Trinajstić information content (AvgIpc) is 2.79.